The standard InChI is InChI=1S/C23H16O4/c24-17-9-6-15(7-10-17)8-13-20-22(16-4-2-1-3-5-16)23(26)19-12-11-18(25)14-21(19)27-20/h1-14,24-25H/b13-8+. The van der Waals surface area contributed by atoms with Crippen LogP contribution in [0.2, 0.25) is 0 Å². The van der Waals surface area contributed by atoms with Crippen LogP contribution in [-0.4, -0.2) is 10.2 Å². The van der Waals surface area contributed by atoms with Crippen LogP contribution in [0.1, 0.15) is 11.3 Å². The van der Waals surface area contributed by atoms with Gasteiger partial charge in [-0.25, -0.2) is 0 Å². The molecule has 0 saturated heterocycles. The molecular weight excluding hydrogens is 340 g/mol. The zero-order valence-corrected chi connectivity index (χ0v) is 14.3. The lowest BCUT2D eigenvalue weighted by Gasteiger charge is -2.08. The maximum absolute atomic E-state index is 13.1. The van der Waals surface area contributed by atoms with Gasteiger partial charge in [0, 0.05) is 6.07 Å². The summed E-state index contributed by atoms with van der Waals surface area (Å²) in [5.74, 6) is 0.619. The van der Waals surface area contributed by atoms with Gasteiger partial charge in [0.15, 0.2) is 0 Å². The summed E-state index contributed by atoms with van der Waals surface area (Å²) in [7, 11) is 0. The number of phenolic OH excluding ortho intramolecular Hbond substituents is 2. The lowest BCUT2D eigenvalue weighted by molar-refractivity contribution is 0.473. The summed E-state index contributed by atoms with van der Waals surface area (Å²) in [5, 5.41) is 19.5. The van der Waals surface area contributed by atoms with Gasteiger partial charge in [-0.2, -0.15) is 0 Å². The van der Waals surface area contributed by atoms with E-state index in [1.54, 1.807) is 42.5 Å². The van der Waals surface area contributed by atoms with Crippen molar-refractivity contribution in [2.45, 2.75) is 0 Å². The van der Waals surface area contributed by atoms with Crippen molar-refractivity contribution in [2.24, 2.45) is 0 Å². The largest absolute Gasteiger partial charge is 0.508 e. The molecule has 4 heteroatoms. The van der Waals surface area contributed by atoms with Crippen LogP contribution in [0.4, 0.5) is 0 Å². The zero-order chi connectivity index (χ0) is 18.8. The van der Waals surface area contributed by atoms with Crippen LogP contribution < -0.4 is 5.43 Å². The van der Waals surface area contributed by atoms with Crippen molar-refractivity contribution in [1.82, 2.24) is 0 Å². The van der Waals surface area contributed by atoms with Crippen molar-refractivity contribution in [2.75, 3.05) is 0 Å². The fourth-order valence-corrected chi connectivity index (χ4v) is 2.95. The minimum Gasteiger partial charge on any atom is -0.508 e. The predicted octanol–water partition coefficient (Wildman–Crippen LogP) is 5.04. The number of hydrogen-bond donors (Lipinski definition) is 2. The smallest absolute Gasteiger partial charge is 0.201 e. The Morgan fingerprint density at radius 3 is 2.22 bits per heavy atom. The van der Waals surface area contributed by atoms with E-state index in [9.17, 15) is 15.0 Å². The van der Waals surface area contributed by atoms with Crippen molar-refractivity contribution in [1.29, 1.82) is 0 Å². The minimum absolute atomic E-state index is 0.0339. The van der Waals surface area contributed by atoms with Crippen LogP contribution in [-0.2, 0) is 0 Å². The van der Waals surface area contributed by atoms with Gasteiger partial charge in [0.05, 0.1) is 10.9 Å². The first-order chi connectivity index (χ1) is 13.1. The van der Waals surface area contributed by atoms with Gasteiger partial charge in [0.1, 0.15) is 22.8 Å². The molecule has 0 aliphatic carbocycles. The van der Waals surface area contributed by atoms with E-state index in [2.05, 4.69) is 0 Å². The molecule has 1 aromatic heterocycles. The van der Waals surface area contributed by atoms with Crippen LogP contribution in [0.15, 0.2) is 82.0 Å². The molecule has 132 valence electrons. The summed E-state index contributed by atoms with van der Waals surface area (Å²) in [6, 6.07) is 20.5. The second kappa shape index (κ2) is 6.84. The van der Waals surface area contributed by atoms with Gasteiger partial charge in [0.25, 0.3) is 0 Å². The van der Waals surface area contributed by atoms with E-state index in [-0.39, 0.29) is 16.9 Å². The van der Waals surface area contributed by atoms with Crippen molar-refractivity contribution < 1.29 is 14.6 Å². The zero-order valence-electron chi connectivity index (χ0n) is 14.3. The fraction of sp³-hybridized carbons (Fsp3) is 0. The van der Waals surface area contributed by atoms with Gasteiger partial charge in [-0.3, -0.25) is 4.79 Å². The molecule has 27 heavy (non-hydrogen) atoms. The third kappa shape index (κ3) is 3.33. The summed E-state index contributed by atoms with van der Waals surface area (Å²) >= 11 is 0. The van der Waals surface area contributed by atoms with Crippen LogP contribution in [0, 0.1) is 0 Å². The Bertz CT molecular complexity index is 1190. The molecule has 0 aliphatic heterocycles. The maximum Gasteiger partial charge on any atom is 0.201 e. The Morgan fingerprint density at radius 2 is 1.48 bits per heavy atom. The van der Waals surface area contributed by atoms with E-state index in [4.69, 9.17) is 4.42 Å². The highest BCUT2D eigenvalue weighted by Crippen LogP contribution is 2.28. The van der Waals surface area contributed by atoms with E-state index < -0.39 is 0 Å². The van der Waals surface area contributed by atoms with Crippen LogP contribution >= 0.6 is 0 Å². The second-order valence-electron chi connectivity index (χ2n) is 6.14. The summed E-state index contributed by atoms with van der Waals surface area (Å²) in [6.45, 7) is 0. The molecule has 0 amide bonds. The molecule has 3 aromatic carbocycles. The third-order valence-electron chi connectivity index (χ3n) is 4.29. The quantitative estimate of drug-likeness (QED) is 0.539. The Labute approximate surface area is 155 Å². The van der Waals surface area contributed by atoms with Crippen molar-refractivity contribution in [3.8, 4) is 22.6 Å². The Balaban J connectivity index is 1.94. The molecule has 0 atom stereocenters. The summed E-state index contributed by atoms with van der Waals surface area (Å²) in [5.41, 5.74) is 2.23. The monoisotopic (exact) mass is 356 g/mol. The van der Waals surface area contributed by atoms with Crippen molar-refractivity contribution >= 4 is 23.1 Å². The van der Waals surface area contributed by atoms with E-state index in [0.29, 0.717) is 22.3 Å². The first kappa shape index (κ1) is 16.7. The number of aromatic hydroxyl groups is 2. The van der Waals surface area contributed by atoms with Crippen LogP contribution in [0.25, 0.3) is 34.2 Å². The van der Waals surface area contributed by atoms with Gasteiger partial charge in [-0.15, -0.1) is 0 Å². The molecule has 0 aliphatic rings. The van der Waals surface area contributed by atoms with Crippen LogP contribution in [0.3, 0.4) is 0 Å². The van der Waals surface area contributed by atoms with E-state index >= 15 is 0 Å². The second-order valence-corrected chi connectivity index (χ2v) is 6.14. The molecule has 0 saturated carbocycles. The lowest BCUT2D eigenvalue weighted by atomic mass is 10.0. The number of phenols is 2. The number of hydrogen-bond acceptors (Lipinski definition) is 4. The summed E-state index contributed by atoms with van der Waals surface area (Å²) in [4.78, 5) is 13.1. The van der Waals surface area contributed by atoms with Gasteiger partial charge >= 0.3 is 0 Å². The van der Waals surface area contributed by atoms with Gasteiger partial charge in [-0.05, 0) is 41.5 Å². The van der Waals surface area contributed by atoms with E-state index in [1.165, 1.54) is 12.1 Å². The molecule has 0 fully saturated rings. The van der Waals surface area contributed by atoms with Crippen molar-refractivity contribution in [3.05, 3.63) is 94.3 Å². The fourth-order valence-electron chi connectivity index (χ4n) is 2.95. The summed E-state index contributed by atoms with van der Waals surface area (Å²) < 4.78 is 5.96. The molecule has 0 bridgehead atoms. The topological polar surface area (TPSA) is 70.7 Å². The molecule has 0 unspecified atom stereocenters. The average molecular weight is 356 g/mol. The molecule has 0 radical (unpaired) electrons. The van der Waals surface area contributed by atoms with Crippen LogP contribution in [0.5, 0.6) is 11.5 Å². The Kier molecular flexibility index (Phi) is 4.22. The van der Waals surface area contributed by atoms with Gasteiger partial charge in [0.2, 0.25) is 5.43 Å². The lowest BCUT2D eigenvalue weighted by Crippen LogP contribution is -2.07. The SMILES string of the molecule is O=c1c(-c2ccccc2)c(/C=C/c2ccc(O)cc2)oc2cc(O)ccc12. The molecule has 4 rings (SSSR count). The maximum atomic E-state index is 13.1. The molecular formula is C23H16O4. The normalized spacial score (nSPS) is 11.3. The highest BCUT2D eigenvalue weighted by molar-refractivity contribution is 5.87. The molecule has 0 spiro atoms. The molecule has 4 nitrogen and oxygen atoms in total. The molecule has 4 aromatic rings. The number of benzene rings is 3. The Hall–Kier alpha value is -3.79. The highest BCUT2D eigenvalue weighted by Gasteiger charge is 2.15. The van der Waals surface area contributed by atoms with E-state index in [0.717, 1.165) is 11.1 Å². The first-order valence-corrected chi connectivity index (χ1v) is 8.44. The molecule has 2 N–H and O–H groups in total. The molecule has 1 heterocycles. The van der Waals surface area contributed by atoms with Gasteiger partial charge in [-0.1, -0.05) is 48.5 Å². The van der Waals surface area contributed by atoms with Gasteiger partial charge < -0.3 is 14.6 Å². The Morgan fingerprint density at radius 1 is 0.778 bits per heavy atom. The minimum atomic E-state index is -0.159. The highest BCUT2D eigenvalue weighted by atomic mass is 16.3. The first-order valence-electron chi connectivity index (χ1n) is 8.44. The van der Waals surface area contributed by atoms with Crippen molar-refractivity contribution in [3.63, 3.8) is 0 Å². The third-order valence-corrected chi connectivity index (χ3v) is 4.29. The predicted molar refractivity (Wildman–Crippen MR) is 107 cm³/mol. The summed E-state index contributed by atoms with van der Waals surface area (Å²) in [6.07, 6.45) is 3.53. The number of rotatable bonds is 3. The number of fused-ring (bicyclic) bond motifs is 1. The van der Waals surface area contributed by atoms with E-state index in [1.807, 2.05) is 30.3 Å². The average Bonchev–Trinajstić information content (AvgIpc) is 2.68.